The van der Waals surface area contributed by atoms with Crippen LogP contribution in [-0.2, 0) is 16.1 Å². The average Bonchev–Trinajstić information content (AvgIpc) is 3.66. The maximum atomic E-state index is 13.0. The van der Waals surface area contributed by atoms with Crippen LogP contribution in [0.25, 0.3) is 0 Å². The van der Waals surface area contributed by atoms with Crippen LogP contribution >= 0.6 is 0 Å². The van der Waals surface area contributed by atoms with E-state index in [1.54, 1.807) is 4.90 Å². The zero-order chi connectivity index (χ0) is 28.7. The maximum absolute atomic E-state index is 13.0. The number of nitrogens with one attached hydrogen (secondary N) is 1. The van der Waals surface area contributed by atoms with Crippen molar-refractivity contribution in [1.29, 1.82) is 0 Å². The number of alkyl carbamates (subject to hydrolysis) is 1. The van der Waals surface area contributed by atoms with Crippen LogP contribution in [0.3, 0.4) is 0 Å². The molecular formula is C34H39N3O5. The van der Waals surface area contributed by atoms with Crippen LogP contribution in [0.2, 0.25) is 0 Å². The van der Waals surface area contributed by atoms with Crippen LogP contribution in [0.15, 0.2) is 84.9 Å². The number of fused-ring (bicyclic) bond motifs is 2. The van der Waals surface area contributed by atoms with Gasteiger partial charge in [0, 0.05) is 32.1 Å². The maximum Gasteiger partial charge on any atom is 0.410 e. The molecule has 1 N–H and O–H groups in total. The fourth-order valence-electron chi connectivity index (χ4n) is 6.25. The van der Waals surface area contributed by atoms with E-state index in [2.05, 4.69) is 10.2 Å². The summed E-state index contributed by atoms with van der Waals surface area (Å²) in [7, 11) is 0. The average molecular weight is 570 g/mol. The Bertz CT molecular complexity index is 1330. The largest absolute Gasteiger partial charge is 0.493 e. The summed E-state index contributed by atoms with van der Waals surface area (Å²) in [5.74, 6) is 1.55. The van der Waals surface area contributed by atoms with E-state index in [1.165, 1.54) is 0 Å². The van der Waals surface area contributed by atoms with Gasteiger partial charge in [0.2, 0.25) is 0 Å². The number of rotatable bonds is 9. The third kappa shape index (κ3) is 7.05. The number of likely N-dealkylation sites (tertiary alicyclic amines) is 1. The molecule has 3 fully saturated rings. The van der Waals surface area contributed by atoms with E-state index in [4.69, 9.17) is 14.2 Å². The van der Waals surface area contributed by atoms with Gasteiger partial charge in [-0.05, 0) is 60.5 Å². The lowest BCUT2D eigenvalue weighted by Gasteiger charge is -2.31. The standard InChI is InChI=1S/C34H39N3O5/c38-33(42-31-22-36-17-16-29(31)21-36)35-32(27-10-5-2-6-11-27)28-12-7-13-30(20-28)40-23-26-14-18-37(19-15-26)34(39)41-24-25-8-3-1-4-9-25/h1-13,20,26,29,31-32H,14-19,21-24H2,(H,35,38)/t29?,31-,32-/m0/s1. The fourth-order valence-corrected chi connectivity index (χ4v) is 6.25. The van der Waals surface area contributed by atoms with Crippen LogP contribution in [0.4, 0.5) is 9.59 Å². The lowest BCUT2D eigenvalue weighted by atomic mass is 9.97. The van der Waals surface area contributed by atoms with Gasteiger partial charge in [-0.2, -0.15) is 0 Å². The van der Waals surface area contributed by atoms with E-state index in [-0.39, 0.29) is 30.9 Å². The van der Waals surface area contributed by atoms with E-state index in [0.717, 1.165) is 61.3 Å². The summed E-state index contributed by atoms with van der Waals surface area (Å²) < 4.78 is 17.6. The number of nitrogens with zero attached hydrogens (tertiary/aromatic N) is 2. The first-order valence-electron chi connectivity index (χ1n) is 15.0. The van der Waals surface area contributed by atoms with Gasteiger partial charge < -0.3 is 24.4 Å². The Kier molecular flexibility index (Phi) is 8.89. The normalized spacial score (nSPS) is 22.4. The number of benzene rings is 3. The van der Waals surface area contributed by atoms with E-state index in [9.17, 15) is 9.59 Å². The van der Waals surface area contributed by atoms with E-state index < -0.39 is 0 Å². The van der Waals surface area contributed by atoms with Crippen molar-refractivity contribution >= 4 is 12.2 Å². The minimum atomic E-state index is -0.386. The molecule has 3 aromatic carbocycles. The van der Waals surface area contributed by atoms with Crippen molar-refractivity contribution in [2.45, 2.75) is 38.0 Å². The highest BCUT2D eigenvalue weighted by Crippen LogP contribution is 2.31. The molecule has 2 unspecified atom stereocenters. The Morgan fingerprint density at radius 2 is 1.57 bits per heavy atom. The van der Waals surface area contributed by atoms with E-state index in [1.807, 2.05) is 84.9 Å². The molecule has 3 aliphatic heterocycles. The molecule has 8 heteroatoms. The number of carbonyl (C=O) groups excluding carboxylic acids is 2. The number of ether oxygens (including phenoxy) is 3. The number of hydrogen-bond acceptors (Lipinski definition) is 6. The van der Waals surface area contributed by atoms with E-state index in [0.29, 0.717) is 31.5 Å². The smallest absolute Gasteiger partial charge is 0.410 e. The van der Waals surface area contributed by atoms with Crippen molar-refractivity contribution in [3.63, 3.8) is 0 Å². The van der Waals surface area contributed by atoms with Gasteiger partial charge in [0.15, 0.2) is 0 Å². The first kappa shape index (κ1) is 28.1. The highest BCUT2D eigenvalue weighted by molar-refractivity contribution is 5.69. The van der Waals surface area contributed by atoms with Gasteiger partial charge in [-0.1, -0.05) is 72.8 Å². The number of carbonyl (C=O) groups is 2. The Labute approximate surface area is 247 Å². The monoisotopic (exact) mass is 569 g/mol. The summed E-state index contributed by atoms with van der Waals surface area (Å²) in [5.41, 5.74) is 2.90. The molecule has 42 heavy (non-hydrogen) atoms. The molecule has 0 radical (unpaired) electrons. The Morgan fingerprint density at radius 1 is 0.833 bits per heavy atom. The molecule has 3 saturated heterocycles. The van der Waals surface area contributed by atoms with Crippen LogP contribution < -0.4 is 10.1 Å². The molecule has 0 aliphatic carbocycles. The van der Waals surface area contributed by atoms with Gasteiger partial charge in [-0.15, -0.1) is 0 Å². The van der Waals surface area contributed by atoms with Crippen LogP contribution in [0, 0.1) is 11.8 Å². The van der Waals surface area contributed by atoms with Crippen LogP contribution in [0.5, 0.6) is 5.75 Å². The van der Waals surface area contributed by atoms with Gasteiger partial charge in [0.05, 0.1) is 12.6 Å². The molecule has 3 aromatic rings. The lowest BCUT2D eigenvalue weighted by molar-refractivity contribution is 0.0672. The van der Waals surface area contributed by atoms with Gasteiger partial charge in [-0.25, -0.2) is 9.59 Å². The van der Waals surface area contributed by atoms with Crippen molar-refractivity contribution in [2.75, 3.05) is 39.3 Å². The summed E-state index contributed by atoms with van der Waals surface area (Å²) in [4.78, 5) is 29.7. The second-order valence-corrected chi connectivity index (χ2v) is 11.6. The zero-order valence-corrected chi connectivity index (χ0v) is 23.9. The number of piperidine rings is 2. The van der Waals surface area contributed by atoms with Crippen molar-refractivity contribution in [3.8, 4) is 5.75 Å². The number of hydrogen-bond donors (Lipinski definition) is 1. The Hall–Kier alpha value is -4.04. The molecule has 3 heterocycles. The zero-order valence-electron chi connectivity index (χ0n) is 23.9. The molecule has 220 valence electrons. The predicted molar refractivity (Wildman–Crippen MR) is 159 cm³/mol. The van der Waals surface area contributed by atoms with Gasteiger partial charge in [0.1, 0.15) is 18.5 Å². The highest BCUT2D eigenvalue weighted by atomic mass is 16.6. The van der Waals surface area contributed by atoms with Gasteiger partial charge in [0.25, 0.3) is 0 Å². The van der Waals surface area contributed by atoms with Crippen molar-refractivity contribution in [2.24, 2.45) is 11.8 Å². The molecule has 8 nitrogen and oxygen atoms in total. The minimum Gasteiger partial charge on any atom is -0.493 e. The topological polar surface area (TPSA) is 80.3 Å². The summed E-state index contributed by atoms with van der Waals surface area (Å²) >= 11 is 0. The molecule has 6 rings (SSSR count). The minimum absolute atomic E-state index is 0.0398. The molecule has 4 atom stereocenters. The number of amides is 2. The van der Waals surface area contributed by atoms with Crippen molar-refractivity contribution in [3.05, 3.63) is 102 Å². The van der Waals surface area contributed by atoms with E-state index >= 15 is 0 Å². The van der Waals surface area contributed by atoms with Crippen molar-refractivity contribution in [1.82, 2.24) is 15.1 Å². The van der Waals surface area contributed by atoms with Crippen molar-refractivity contribution < 1.29 is 23.8 Å². The molecule has 0 spiro atoms. The third-order valence-corrected chi connectivity index (χ3v) is 8.68. The first-order chi connectivity index (χ1) is 20.6. The summed E-state index contributed by atoms with van der Waals surface area (Å²) in [6, 6.07) is 27.2. The molecular weight excluding hydrogens is 530 g/mol. The molecule has 0 aromatic heterocycles. The Morgan fingerprint density at radius 3 is 2.29 bits per heavy atom. The van der Waals surface area contributed by atoms with Crippen LogP contribution in [0.1, 0.15) is 42.0 Å². The predicted octanol–water partition coefficient (Wildman–Crippen LogP) is 5.63. The second kappa shape index (κ2) is 13.3. The molecule has 0 saturated carbocycles. The van der Waals surface area contributed by atoms with Gasteiger partial charge in [-0.3, -0.25) is 4.90 Å². The highest BCUT2D eigenvalue weighted by Gasteiger charge is 2.40. The molecule has 2 bridgehead atoms. The Balaban J connectivity index is 1.02. The quantitative estimate of drug-likeness (QED) is 0.360. The molecule has 2 amide bonds. The summed E-state index contributed by atoms with van der Waals surface area (Å²) in [6.45, 7) is 5.12. The second-order valence-electron chi connectivity index (χ2n) is 11.6. The molecule has 3 aliphatic rings. The fraction of sp³-hybridized carbons (Fsp3) is 0.412. The van der Waals surface area contributed by atoms with Gasteiger partial charge >= 0.3 is 12.2 Å². The first-order valence-corrected chi connectivity index (χ1v) is 15.0. The summed E-state index contributed by atoms with van der Waals surface area (Å²) in [5, 5.41) is 3.12. The lowest BCUT2D eigenvalue weighted by Crippen LogP contribution is -2.40. The SMILES string of the molecule is O=C(N[C@@H](c1ccccc1)c1cccc(OCC2CCN(C(=O)OCc3ccccc3)CC2)c1)O[C@H]1CN2CCC1C2. The summed E-state index contributed by atoms with van der Waals surface area (Å²) in [6.07, 6.45) is 2.13. The van der Waals surface area contributed by atoms with Crippen LogP contribution in [-0.4, -0.2) is 67.4 Å². The third-order valence-electron chi connectivity index (χ3n) is 8.68.